The first-order valence-corrected chi connectivity index (χ1v) is 10.2. The minimum absolute atomic E-state index is 0.270. The summed E-state index contributed by atoms with van der Waals surface area (Å²) in [5, 5.41) is 11.4. The molecule has 1 amide bonds. The van der Waals surface area contributed by atoms with Crippen LogP contribution in [-0.2, 0) is 16.9 Å². The van der Waals surface area contributed by atoms with Crippen molar-refractivity contribution in [1.29, 1.82) is 0 Å². The average molecular weight is 450 g/mol. The molecule has 5 heteroatoms. The van der Waals surface area contributed by atoms with E-state index in [9.17, 15) is 14.7 Å². The molecule has 1 heterocycles. The van der Waals surface area contributed by atoms with Gasteiger partial charge in [0.15, 0.2) is 11.4 Å². The molecule has 0 bridgehead atoms. The van der Waals surface area contributed by atoms with Gasteiger partial charge in [-0.25, -0.2) is 0 Å². The van der Waals surface area contributed by atoms with Crippen molar-refractivity contribution >= 4 is 33.3 Å². The number of aliphatic hydroxyl groups is 1. The molecule has 0 radical (unpaired) electrons. The number of benzene rings is 3. The minimum Gasteiger partial charge on any atom is -0.375 e. The van der Waals surface area contributed by atoms with E-state index in [1.165, 1.54) is 0 Å². The van der Waals surface area contributed by atoms with E-state index in [0.29, 0.717) is 23.4 Å². The fraction of sp³-hybridized carbons (Fsp3) is 0.167. The van der Waals surface area contributed by atoms with Gasteiger partial charge >= 0.3 is 0 Å². The lowest BCUT2D eigenvalue weighted by molar-refractivity contribution is -0.136. The van der Waals surface area contributed by atoms with Crippen LogP contribution in [0.2, 0.25) is 0 Å². The summed E-state index contributed by atoms with van der Waals surface area (Å²) < 4.78 is 0.742. The molecule has 1 aliphatic heterocycles. The van der Waals surface area contributed by atoms with Crippen LogP contribution in [0, 0.1) is 6.92 Å². The second-order valence-electron chi connectivity index (χ2n) is 7.36. The largest absolute Gasteiger partial charge is 0.375 e. The summed E-state index contributed by atoms with van der Waals surface area (Å²) in [6.45, 7) is 2.27. The van der Waals surface area contributed by atoms with Gasteiger partial charge in [-0.05, 0) is 30.7 Å². The quantitative estimate of drug-likeness (QED) is 0.570. The monoisotopic (exact) mass is 449 g/mol. The number of hydrogen-bond acceptors (Lipinski definition) is 3. The maximum Gasteiger partial charge on any atom is 0.264 e. The Morgan fingerprint density at radius 2 is 1.72 bits per heavy atom. The Kier molecular flexibility index (Phi) is 5.11. The zero-order chi connectivity index (χ0) is 20.6. The molecule has 1 unspecified atom stereocenters. The third kappa shape index (κ3) is 3.63. The van der Waals surface area contributed by atoms with Crippen molar-refractivity contribution in [2.24, 2.45) is 0 Å². The molecular formula is C24H20BrNO3. The summed E-state index contributed by atoms with van der Waals surface area (Å²) >= 11 is 3.42. The van der Waals surface area contributed by atoms with Crippen molar-refractivity contribution in [1.82, 2.24) is 0 Å². The number of carbonyl (C=O) groups is 2. The molecule has 0 aromatic heterocycles. The Balaban J connectivity index is 1.71. The van der Waals surface area contributed by atoms with E-state index in [2.05, 4.69) is 15.9 Å². The second kappa shape index (κ2) is 7.58. The lowest BCUT2D eigenvalue weighted by atomic mass is 9.88. The number of aryl methyl sites for hydroxylation is 1. The molecule has 0 fully saturated rings. The van der Waals surface area contributed by atoms with E-state index in [-0.39, 0.29) is 12.2 Å². The van der Waals surface area contributed by atoms with Gasteiger partial charge in [0.05, 0.1) is 18.7 Å². The first-order chi connectivity index (χ1) is 13.9. The standard InChI is InChI=1S/C24H20BrNO3/c1-16-7-9-18(10-8-16)22(27)14-24(29)20-13-19(25)11-12-21(20)26(23(24)28)15-17-5-3-2-4-6-17/h2-13,29H,14-15H2,1H3. The lowest BCUT2D eigenvalue weighted by Gasteiger charge is -2.23. The number of halogens is 1. The lowest BCUT2D eigenvalue weighted by Crippen LogP contribution is -2.41. The van der Waals surface area contributed by atoms with Crippen LogP contribution in [0.4, 0.5) is 5.69 Å². The number of anilines is 1. The maximum absolute atomic E-state index is 13.3. The molecular weight excluding hydrogens is 430 g/mol. The van der Waals surface area contributed by atoms with Gasteiger partial charge in [-0.2, -0.15) is 0 Å². The number of hydrogen-bond donors (Lipinski definition) is 1. The number of Topliss-reactive ketones (excluding diaryl/α,β-unsaturated/α-hetero) is 1. The highest BCUT2D eigenvalue weighted by molar-refractivity contribution is 9.10. The normalized spacial score (nSPS) is 18.0. The van der Waals surface area contributed by atoms with Crippen molar-refractivity contribution < 1.29 is 14.7 Å². The SMILES string of the molecule is Cc1ccc(C(=O)CC2(O)C(=O)N(Cc3ccccc3)c3ccc(Br)cc32)cc1. The molecule has 146 valence electrons. The summed E-state index contributed by atoms with van der Waals surface area (Å²) in [6.07, 6.45) is -0.302. The number of ketones is 1. The fourth-order valence-corrected chi connectivity index (χ4v) is 4.05. The van der Waals surface area contributed by atoms with Crippen LogP contribution in [-0.4, -0.2) is 16.8 Å². The van der Waals surface area contributed by atoms with Gasteiger partial charge in [0.2, 0.25) is 0 Å². The van der Waals surface area contributed by atoms with Gasteiger partial charge in [-0.15, -0.1) is 0 Å². The third-order valence-electron chi connectivity index (χ3n) is 5.27. The highest BCUT2D eigenvalue weighted by atomic mass is 79.9. The van der Waals surface area contributed by atoms with Crippen LogP contribution in [0.3, 0.4) is 0 Å². The molecule has 0 saturated carbocycles. The van der Waals surface area contributed by atoms with Crippen molar-refractivity contribution in [2.45, 2.75) is 25.5 Å². The van der Waals surface area contributed by atoms with Crippen LogP contribution in [0.15, 0.2) is 77.3 Å². The summed E-state index contributed by atoms with van der Waals surface area (Å²) in [4.78, 5) is 27.8. The summed E-state index contributed by atoms with van der Waals surface area (Å²) in [5.41, 5.74) is 1.66. The van der Waals surface area contributed by atoms with Crippen LogP contribution >= 0.6 is 15.9 Å². The van der Waals surface area contributed by atoms with Gasteiger partial charge in [0.25, 0.3) is 5.91 Å². The Bertz CT molecular complexity index is 1080. The van der Waals surface area contributed by atoms with E-state index >= 15 is 0 Å². The van der Waals surface area contributed by atoms with Gasteiger partial charge < -0.3 is 10.0 Å². The number of carbonyl (C=O) groups excluding carboxylic acids is 2. The minimum atomic E-state index is -1.89. The second-order valence-corrected chi connectivity index (χ2v) is 8.28. The maximum atomic E-state index is 13.3. The molecule has 0 saturated heterocycles. The third-order valence-corrected chi connectivity index (χ3v) is 5.76. The molecule has 29 heavy (non-hydrogen) atoms. The van der Waals surface area contributed by atoms with E-state index < -0.39 is 11.5 Å². The molecule has 4 rings (SSSR count). The van der Waals surface area contributed by atoms with Gasteiger partial charge in [-0.3, -0.25) is 9.59 Å². The Morgan fingerprint density at radius 3 is 2.41 bits per heavy atom. The Labute approximate surface area is 177 Å². The molecule has 3 aromatic carbocycles. The first-order valence-electron chi connectivity index (χ1n) is 9.37. The van der Waals surface area contributed by atoms with Crippen molar-refractivity contribution in [2.75, 3.05) is 4.90 Å². The predicted octanol–water partition coefficient (Wildman–Crippen LogP) is 4.76. The zero-order valence-electron chi connectivity index (χ0n) is 15.9. The number of nitrogens with zero attached hydrogens (tertiary/aromatic N) is 1. The van der Waals surface area contributed by atoms with E-state index in [1.54, 1.807) is 29.2 Å². The summed E-state index contributed by atoms with van der Waals surface area (Å²) in [6, 6.07) is 22.1. The predicted molar refractivity (Wildman–Crippen MR) is 116 cm³/mol. The molecule has 1 atom stereocenters. The van der Waals surface area contributed by atoms with E-state index in [0.717, 1.165) is 15.6 Å². The first kappa shape index (κ1) is 19.6. The van der Waals surface area contributed by atoms with Crippen LogP contribution in [0.1, 0.15) is 33.5 Å². The van der Waals surface area contributed by atoms with Gasteiger partial charge in [-0.1, -0.05) is 76.1 Å². The molecule has 0 aliphatic carbocycles. The molecule has 1 N–H and O–H groups in total. The highest BCUT2D eigenvalue weighted by Gasteiger charge is 2.51. The zero-order valence-corrected chi connectivity index (χ0v) is 17.5. The Morgan fingerprint density at radius 1 is 1.03 bits per heavy atom. The topological polar surface area (TPSA) is 57.6 Å². The average Bonchev–Trinajstić information content (AvgIpc) is 2.91. The molecule has 4 nitrogen and oxygen atoms in total. The number of amides is 1. The van der Waals surface area contributed by atoms with Crippen LogP contribution < -0.4 is 4.90 Å². The van der Waals surface area contributed by atoms with Crippen LogP contribution in [0.5, 0.6) is 0 Å². The molecule has 1 aliphatic rings. The van der Waals surface area contributed by atoms with Crippen molar-refractivity contribution in [3.63, 3.8) is 0 Å². The fourth-order valence-electron chi connectivity index (χ4n) is 3.69. The molecule has 0 spiro atoms. The van der Waals surface area contributed by atoms with Gasteiger partial charge in [0, 0.05) is 15.6 Å². The Hall–Kier alpha value is -2.76. The smallest absolute Gasteiger partial charge is 0.264 e. The summed E-state index contributed by atoms with van der Waals surface area (Å²) in [5.74, 6) is -0.747. The molecule has 3 aromatic rings. The van der Waals surface area contributed by atoms with E-state index in [4.69, 9.17) is 0 Å². The number of rotatable bonds is 5. The summed E-state index contributed by atoms with van der Waals surface area (Å²) in [7, 11) is 0. The highest BCUT2D eigenvalue weighted by Crippen LogP contribution is 2.44. The van der Waals surface area contributed by atoms with Crippen LogP contribution in [0.25, 0.3) is 0 Å². The van der Waals surface area contributed by atoms with Crippen molar-refractivity contribution in [3.05, 3.63) is 99.5 Å². The van der Waals surface area contributed by atoms with Crippen molar-refractivity contribution in [3.8, 4) is 0 Å². The number of fused-ring (bicyclic) bond motifs is 1. The van der Waals surface area contributed by atoms with E-state index in [1.807, 2.05) is 55.5 Å². The van der Waals surface area contributed by atoms with Gasteiger partial charge in [0.1, 0.15) is 0 Å².